The van der Waals surface area contributed by atoms with Crippen molar-refractivity contribution >= 4 is 27.6 Å². The van der Waals surface area contributed by atoms with E-state index in [4.69, 9.17) is 0 Å². The molecule has 2 heteroatoms. The van der Waals surface area contributed by atoms with Crippen molar-refractivity contribution in [2.75, 3.05) is 19.6 Å². The summed E-state index contributed by atoms with van der Waals surface area (Å²) in [5, 5.41) is 0. The third-order valence-corrected chi connectivity index (χ3v) is 6.26. The first-order valence-electron chi connectivity index (χ1n) is 10.8. The maximum Gasteiger partial charge on any atom is 0.0175 e. The van der Waals surface area contributed by atoms with Crippen LogP contribution in [0.5, 0.6) is 0 Å². The van der Waals surface area contributed by atoms with E-state index >= 15 is 0 Å². The van der Waals surface area contributed by atoms with E-state index < -0.39 is 0 Å². The summed E-state index contributed by atoms with van der Waals surface area (Å²) in [5.74, 6) is 0. The molecule has 0 aromatic heterocycles. The number of benzene rings is 3. The first-order chi connectivity index (χ1) is 14.8. The standard InChI is InChI=1S/C28H28BrN/c29-27-16-14-23(15-17-27)9-7-8-20-30-21-18-26(19-22-30)28(24-10-3-1-4-11-24)25-12-5-2-6-13-25/h1-7,9-17H,8,18-22H2. The zero-order valence-electron chi connectivity index (χ0n) is 17.3. The van der Waals surface area contributed by atoms with Gasteiger partial charge >= 0.3 is 0 Å². The van der Waals surface area contributed by atoms with Crippen LogP contribution in [0.15, 0.2) is 101 Å². The lowest BCUT2D eigenvalue weighted by Gasteiger charge is -2.30. The Morgan fingerprint density at radius 2 is 1.33 bits per heavy atom. The Morgan fingerprint density at radius 1 is 0.767 bits per heavy atom. The van der Waals surface area contributed by atoms with Gasteiger partial charge in [-0.2, -0.15) is 0 Å². The number of rotatable bonds is 6. The van der Waals surface area contributed by atoms with Crippen LogP contribution >= 0.6 is 15.9 Å². The van der Waals surface area contributed by atoms with E-state index in [2.05, 4.69) is 118 Å². The fourth-order valence-electron chi connectivity index (χ4n) is 4.13. The maximum atomic E-state index is 3.49. The second kappa shape index (κ2) is 10.6. The van der Waals surface area contributed by atoms with Crippen molar-refractivity contribution in [2.24, 2.45) is 0 Å². The Labute approximate surface area is 188 Å². The summed E-state index contributed by atoms with van der Waals surface area (Å²) < 4.78 is 1.13. The highest BCUT2D eigenvalue weighted by molar-refractivity contribution is 9.10. The predicted molar refractivity (Wildman–Crippen MR) is 132 cm³/mol. The van der Waals surface area contributed by atoms with Crippen molar-refractivity contribution in [1.82, 2.24) is 4.90 Å². The average molecular weight is 458 g/mol. The van der Waals surface area contributed by atoms with Crippen LogP contribution in [0, 0.1) is 0 Å². The molecule has 3 aromatic rings. The quantitative estimate of drug-likeness (QED) is 0.371. The van der Waals surface area contributed by atoms with Gasteiger partial charge in [-0.05, 0) is 53.7 Å². The topological polar surface area (TPSA) is 3.24 Å². The van der Waals surface area contributed by atoms with E-state index in [9.17, 15) is 0 Å². The summed E-state index contributed by atoms with van der Waals surface area (Å²) in [6, 6.07) is 30.2. The smallest absolute Gasteiger partial charge is 0.0175 e. The molecule has 1 nitrogen and oxygen atoms in total. The third kappa shape index (κ3) is 5.59. The summed E-state index contributed by atoms with van der Waals surface area (Å²) in [6.45, 7) is 3.42. The molecule has 3 aromatic carbocycles. The van der Waals surface area contributed by atoms with E-state index in [0.29, 0.717) is 0 Å². The zero-order chi connectivity index (χ0) is 20.6. The molecule has 30 heavy (non-hydrogen) atoms. The lowest BCUT2D eigenvalue weighted by Crippen LogP contribution is -2.31. The molecule has 0 atom stereocenters. The molecule has 0 bridgehead atoms. The SMILES string of the molecule is Brc1ccc(C=CCCN2CCC(=C(c3ccccc3)c3ccccc3)CC2)cc1. The van der Waals surface area contributed by atoms with Crippen LogP contribution in [0.4, 0.5) is 0 Å². The molecule has 0 aliphatic carbocycles. The molecule has 152 valence electrons. The van der Waals surface area contributed by atoms with Crippen LogP contribution in [0.1, 0.15) is 36.0 Å². The zero-order valence-corrected chi connectivity index (χ0v) is 18.9. The van der Waals surface area contributed by atoms with E-state index in [0.717, 1.165) is 43.4 Å². The van der Waals surface area contributed by atoms with Crippen molar-refractivity contribution < 1.29 is 0 Å². The van der Waals surface area contributed by atoms with E-state index in [-0.39, 0.29) is 0 Å². The van der Waals surface area contributed by atoms with Gasteiger partial charge in [-0.25, -0.2) is 0 Å². The van der Waals surface area contributed by atoms with Gasteiger partial charge in [-0.15, -0.1) is 0 Å². The van der Waals surface area contributed by atoms with Crippen LogP contribution in [-0.2, 0) is 0 Å². The van der Waals surface area contributed by atoms with Crippen LogP contribution in [0.3, 0.4) is 0 Å². The summed E-state index contributed by atoms with van der Waals surface area (Å²) in [4.78, 5) is 2.60. The highest BCUT2D eigenvalue weighted by atomic mass is 79.9. The van der Waals surface area contributed by atoms with Gasteiger partial charge in [0.2, 0.25) is 0 Å². The second-order valence-electron chi connectivity index (χ2n) is 7.79. The molecule has 4 rings (SSSR count). The van der Waals surface area contributed by atoms with Gasteiger partial charge in [0.25, 0.3) is 0 Å². The number of nitrogens with zero attached hydrogens (tertiary/aromatic N) is 1. The summed E-state index contributed by atoms with van der Waals surface area (Å²) >= 11 is 3.49. The summed E-state index contributed by atoms with van der Waals surface area (Å²) in [7, 11) is 0. The van der Waals surface area contributed by atoms with Crippen molar-refractivity contribution in [3.8, 4) is 0 Å². The van der Waals surface area contributed by atoms with Crippen molar-refractivity contribution in [1.29, 1.82) is 0 Å². The van der Waals surface area contributed by atoms with Crippen LogP contribution in [-0.4, -0.2) is 24.5 Å². The lowest BCUT2D eigenvalue weighted by molar-refractivity contribution is 0.262. The monoisotopic (exact) mass is 457 g/mol. The number of likely N-dealkylation sites (tertiary alicyclic amines) is 1. The molecule has 0 saturated carbocycles. The minimum Gasteiger partial charge on any atom is -0.302 e. The predicted octanol–water partition coefficient (Wildman–Crippen LogP) is 7.45. The van der Waals surface area contributed by atoms with Gasteiger partial charge < -0.3 is 4.90 Å². The van der Waals surface area contributed by atoms with Crippen LogP contribution < -0.4 is 0 Å². The summed E-state index contributed by atoms with van der Waals surface area (Å²) in [5.41, 5.74) is 6.96. The van der Waals surface area contributed by atoms with Gasteiger partial charge in [-0.1, -0.05) is 106 Å². The van der Waals surface area contributed by atoms with E-state index in [1.165, 1.54) is 22.3 Å². The fourth-order valence-corrected chi connectivity index (χ4v) is 4.40. The Hall–Kier alpha value is -2.42. The van der Waals surface area contributed by atoms with Crippen LogP contribution in [0.2, 0.25) is 0 Å². The van der Waals surface area contributed by atoms with Gasteiger partial charge in [-0.3, -0.25) is 0 Å². The molecular weight excluding hydrogens is 430 g/mol. The number of hydrogen-bond acceptors (Lipinski definition) is 1. The normalized spacial score (nSPS) is 14.9. The van der Waals surface area contributed by atoms with E-state index in [1.807, 2.05) is 0 Å². The molecular formula is C28H28BrN. The highest BCUT2D eigenvalue weighted by Gasteiger charge is 2.18. The fraction of sp³-hybridized carbons (Fsp3) is 0.214. The first kappa shape index (κ1) is 20.8. The molecule has 0 unspecified atom stereocenters. The molecule has 1 fully saturated rings. The van der Waals surface area contributed by atoms with Gasteiger partial charge in [0.05, 0.1) is 0 Å². The van der Waals surface area contributed by atoms with Crippen LogP contribution in [0.25, 0.3) is 11.6 Å². The van der Waals surface area contributed by atoms with Crippen molar-refractivity contribution in [3.63, 3.8) is 0 Å². The molecule has 0 radical (unpaired) electrons. The van der Waals surface area contributed by atoms with Gasteiger partial charge in [0, 0.05) is 24.1 Å². The third-order valence-electron chi connectivity index (χ3n) is 5.73. The highest BCUT2D eigenvalue weighted by Crippen LogP contribution is 2.32. The first-order valence-corrected chi connectivity index (χ1v) is 11.6. The Kier molecular flexibility index (Phi) is 7.34. The molecule has 1 aliphatic rings. The van der Waals surface area contributed by atoms with Crippen molar-refractivity contribution in [2.45, 2.75) is 19.3 Å². The molecule has 1 aliphatic heterocycles. The molecule has 0 amide bonds. The molecule has 1 saturated heterocycles. The number of piperidine rings is 1. The number of hydrogen-bond donors (Lipinski definition) is 0. The molecule has 1 heterocycles. The molecule has 0 spiro atoms. The van der Waals surface area contributed by atoms with E-state index in [1.54, 1.807) is 5.57 Å². The Morgan fingerprint density at radius 3 is 1.90 bits per heavy atom. The Balaban J connectivity index is 1.39. The largest absolute Gasteiger partial charge is 0.302 e. The van der Waals surface area contributed by atoms with Gasteiger partial charge in [0.1, 0.15) is 0 Å². The minimum absolute atomic E-state index is 1.10. The summed E-state index contributed by atoms with van der Waals surface area (Å²) in [6.07, 6.45) is 7.92. The lowest BCUT2D eigenvalue weighted by atomic mass is 9.88. The van der Waals surface area contributed by atoms with Crippen molar-refractivity contribution in [3.05, 3.63) is 118 Å². The van der Waals surface area contributed by atoms with Gasteiger partial charge in [0.15, 0.2) is 0 Å². The Bertz CT molecular complexity index is 936. The number of halogens is 1. The second-order valence-corrected chi connectivity index (χ2v) is 8.71. The molecule has 0 N–H and O–H groups in total. The maximum absolute atomic E-state index is 3.49. The minimum atomic E-state index is 1.10. The average Bonchev–Trinajstić information content (AvgIpc) is 2.80.